The summed E-state index contributed by atoms with van der Waals surface area (Å²) < 4.78 is 32.5. The average molecular weight is 289 g/mol. The number of pyridine rings is 1. The Morgan fingerprint density at radius 2 is 1.95 bits per heavy atom. The highest BCUT2D eigenvalue weighted by atomic mass is 19.1. The van der Waals surface area contributed by atoms with Gasteiger partial charge in [0.15, 0.2) is 5.65 Å². The van der Waals surface area contributed by atoms with Gasteiger partial charge in [-0.2, -0.15) is 4.98 Å². The van der Waals surface area contributed by atoms with Crippen LogP contribution in [0.3, 0.4) is 0 Å². The number of hydrogen-bond donors (Lipinski definition) is 1. The van der Waals surface area contributed by atoms with Crippen molar-refractivity contribution in [2.75, 3.05) is 6.61 Å². The van der Waals surface area contributed by atoms with E-state index in [4.69, 9.17) is 4.74 Å². The zero-order valence-corrected chi connectivity index (χ0v) is 11.6. The van der Waals surface area contributed by atoms with Crippen LogP contribution in [0.25, 0.3) is 22.6 Å². The number of halogens is 2. The molecule has 0 radical (unpaired) electrons. The number of imidazole rings is 1. The standard InChI is InChI=1S/C15H13F2N3O/c1-3-21-13-5-4-12-15(19-13)20-14(18-12)9-6-8(2)10(16)7-11(9)17/h4-7H,3H2,1-2H3,(H,18,19,20). The third-order valence-electron chi connectivity index (χ3n) is 3.12. The largest absolute Gasteiger partial charge is 0.478 e. The van der Waals surface area contributed by atoms with Crippen LogP contribution in [-0.2, 0) is 0 Å². The molecule has 0 unspecified atom stereocenters. The second-order valence-corrected chi connectivity index (χ2v) is 4.62. The van der Waals surface area contributed by atoms with E-state index in [1.165, 1.54) is 6.07 Å². The van der Waals surface area contributed by atoms with E-state index in [1.54, 1.807) is 19.1 Å². The highest BCUT2D eigenvalue weighted by Crippen LogP contribution is 2.25. The van der Waals surface area contributed by atoms with Crippen LogP contribution in [-0.4, -0.2) is 21.6 Å². The summed E-state index contributed by atoms with van der Waals surface area (Å²) in [6, 6.07) is 5.75. The third-order valence-corrected chi connectivity index (χ3v) is 3.12. The number of H-pyrrole nitrogens is 1. The molecular weight excluding hydrogens is 276 g/mol. The van der Waals surface area contributed by atoms with Crippen molar-refractivity contribution < 1.29 is 13.5 Å². The van der Waals surface area contributed by atoms with E-state index < -0.39 is 11.6 Å². The molecule has 0 amide bonds. The Balaban J connectivity index is 2.11. The number of fused-ring (bicyclic) bond motifs is 1. The average Bonchev–Trinajstić information content (AvgIpc) is 2.86. The van der Waals surface area contributed by atoms with Crippen molar-refractivity contribution in [2.24, 2.45) is 0 Å². The second-order valence-electron chi connectivity index (χ2n) is 4.62. The van der Waals surface area contributed by atoms with Gasteiger partial charge in [0.05, 0.1) is 17.7 Å². The lowest BCUT2D eigenvalue weighted by Crippen LogP contribution is -1.93. The number of rotatable bonds is 3. The quantitative estimate of drug-likeness (QED) is 0.801. The topological polar surface area (TPSA) is 50.8 Å². The van der Waals surface area contributed by atoms with Gasteiger partial charge in [0.1, 0.15) is 17.5 Å². The SMILES string of the molecule is CCOc1ccc2[nH]c(-c3cc(C)c(F)cc3F)nc2n1. The van der Waals surface area contributed by atoms with Gasteiger partial charge >= 0.3 is 0 Å². The van der Waals surface area contributed by atoms with Crippen molar-refractivity contribution in [3.05, 3.63) is 41.5 Å². The van der Waals surface area contributed by atoms with Crippen LogP contribution in [0.15, 0.2) is 24.3 Å². The minimum Gasteiger partial charge on any atom is -0.478 e. The maximum atomic E-state index is 13.9. The van der Waals surface area contributed by atoms with Crippen LogP contribution < -0.4 is 4.74 Å². The molecule has 108 valence electrons. The molecule has 1 aromatic carbocycles. The molecule has 2 heterocycles. The molecule has 0 spiro atoms. The number of benzene rings is 1. The normalized spacial score (nSPS) is 11.0. The summed E-state index contributed by atoms with van der Waals surface area (Å²) >= 11 is 0. The van der Waals surface area contributed by atoms with Gasteiger partial charge in [-0.05, 0) is 31.5 Å². The predicted molar refractivity (Wildman–Crippen MR) is 75.1 cm³/mol. The Morgan fingerprint density at radius 1 is 1.14 bits per heavy atom. The van der Waals surface area contributed by atoms with Gasteiger partial charge in [-0.15, -0.1) is 0 Å². The van der Waals surface area contributed by atoms with Crippen LogP contribution in [0.5, 0.6) is 5.88 Å². The van der Waals surface area contributed by atoms with Gasteiger partial charge < -0.3 is 9.72 Å². The number of hydrogen-bond acceptors (Lipinski definition) is 3. The number of ether oxygens (including phenoxy) is 1. The first-order valence-electron chi connectivity index (χ1n) is 6.54. The number of nitrogens with one attached hydrogen (secondary N) is 1. The summed E-state index contributed by atoms with van der Waals surface area (Å²) in [5.74, 6) is -0.475. The Kier molecular flexibility index (Phi) is 3.29. The van der Waals surface area contributed by atoms with Gasteiger partial charge in [0.25, 0.3) is 0 Å². The molecule has 0 aliphatic carbocycles. The van der Waals surface area contributed by atoms with E-state index in [9.17, 15) is 8.78 Å². The van der Waals surface area contributed by atoms with Crippen LogP contribution in [0.4, 0.5) is 8.78 Å². The summed E-state index contributed by atoms with van der Waals surface area (Å²) in [7, 11) is 0. The fraction of sp³-hybridized carbons (Fsp3) is 0.200. The maximum absolute atomic E-state index is 13.9. The summed E-state index contributed by atoms with van der Waals surface area (Å²) in [5, 5.41) is 0. The predicted octanol–water partition coefficient (Wildman–Crippen LogP) is 3.61. The first-order valence-corrected chi connectivity index (χ1v) is 6.54. The molecular formula is C15H13F2N3O. The van der Waals surface area contributed by atoms with Crippen molar-refractivity contribution >= 4 is 11.2 Å². The van der Waals surface area contributed by atoms with E-state index in [2.05, 4.69) is 15.0 Å². The lowest BCUT2D eigenvalue weighted by Gasteiger charge is -2.02. The lowest BCUT2D eigenvalue weighted by atomic mass is 10.1. The zero-order valence-electron chi connectivity index (χ0n) is 11.6. The molecule has 2 aromatic heterocycles. The monoisotopic (exact) mass is 289 g/mol. The maximum Gasteiger partial charge on any atom is 0.215 e. The lowest BCUT2D eigenvalue weighted by molar-refractivity contribution is 0.328. The third kappa shape index (κ3) is 2.44. The number of aromatic amines is 1. The molecule has 0 saturated heterocycles. The summed E-state index contributed by atoms with van der Waals surface area (Å²) in [6.07, 6.45) is 0. The number of aromatic nitrogens is 3. The summed E-state index contributed by atoms with van der Waals surface area (Å²) in [6.45, 7) is 3.94. The molecule has 0 saturated carbocycles. The van der Waals surface area contributed by atoms with E-state index in [1.807, 2.05) is 6.92 Å². The minimum atomic E-state index is -0.665. The molecule has 0 aliphatic rings. The molecule has 3 rings (SSSR count). The van der Waals surface area contributed by atoms with Crippen LogP contribution in [0, 0.1) is 18.6 Å². The van der Waals surface area contributed by atoms with Gasteiger partial charge in [-0.1, -0.05) is 0 Å². The molecule has 3 aromatic rings. The van der Waals surface area contributed by atoms with Crippen LogP contribution >= 0.6 is 0 Å². The number of aryl methyl sites for hydroxylation is 1. The molecule has 0 fully saturated rings. The molecule has 21 heavy (non-hydrogen) atoms. The molecule has 4 nitrogen and oxygen atoms in total. The fourth-order valence-corrected chi connectivity index (χ4v) is 2.07. The van der Waals surface area contributed by atoms with Crippen molar-refractivity contribution in [3.63, 3.8) is 0 Å². The van der Waals surface area contributed by atoms with Crippen molar-refractivity contribution in [3.8, 4) is 17.3 Å². The number of nitrogens with zero attached hydrogens (tertiary/aromatic N) is 2. The highest BCUT2D eigenvalue weighted by Gasteiger charge is 2.14. The molecule has 0 atom stereocenters. The van der Waals surface area contributed by atoms with E-state index in [0.717, 1.165) is 6.07 Å². The Morgan fingerprint density at radius 3 is 2.71 bits per heavy atom. The second kappa shape index (κ2) is 5.12. The van der Waals surface area contributed by atoms with Gasteiger partial charge in [-0.25, -0.2) is 13.8 Å². The smallest absolute Gasteiger partial charge is 0.215 e. The van der Waals surface area contributed by atoms with Crippen molar-refractivity contribution in [2.45, 2.75) is 13.8 Å². The summed E-state index contributed by atoms with van der Waals surface area (Å²) in [5.41, 5.74) is 1.66. The van der Waals surface area contributed by atoms with E-state index >= 15 is 0 Å². The van der Waals surface area contributed by atoms with Gasteiger partial charge in [0.2, 0.25) is 5.88 Å². The minimum absolute atomic E-state index is 0.213. The summed E-state index contributed by atoms with van der Waals surface area (Å²) in [4.78, 5) is 11.4. The zero-order chi connectivity index (χ0) is 15.0. The molecule has 1 N–H and O–H groups in total. The molecule has 6 heteroatoms. The van der Waals surface area contributed by atoms with E-state index in [0.29, 0.717) is 35.0 Å². The fourth-order valence-electron chi connectivity index (χ4n) is 2.07. The van der Waals surface area contributed by atoms with Gasteiger partial charge in [0, 0.05) is 12.1 Å². The van der Waals surface area contributed by atoms with Crippen LogP contribution in [0.2, 0.25) is 0 Å². The highest BCUT2D eigenvalue weighted by molar-refractivity contribution is 5.76. The van der Waals surface area contributed by atoms with Crippen molar-refractivity contribution in [1.82, 2.24) is 15.0 Å². The Hall–Kier alpha value is -2.50. The first kappa shape index (κ1) is 13.5. The Bertz CT molecular complexity index is 814. The molecule has 0 bridgehead atoms. The van der Waals surface area contributed by atoms with Crippen LogP contribution in [0.1, 0.15) is 12.5 Å². The first-order chi connectivity index (χ1) is 10.1. The van der Waals surface area contributed by atoms with Gasteiger partial charge in [-0.3, -0.25) is 0 Å². The molecule has 0 aliphatic heterocycles. The van der Waals surface area contributed by atoms with Crippen molar-refractivity contribution in [1.29, 1.82) is 0 Å². The van der Waals surface area contributed by atoms with E-state index in [-0.39, 0.29) is 5.56 Å². The Labute approximate surface area is 119 Å².